The van der Waals surface area contributed by atoms with Gasteiger partial charge in [0.05, 0.1) is 12.3 Å². The molecule has 0 aromatic carbocycles. The van der Waals surface area contributed by atoms with Gasteiger partial charge in [0.15, 0.2) is 15.7 Å². The summed E-state index contributed by atoms with van der Waals surface area (Å²) in [6, 6.07) is 0. The quantitative estimate of drug-likeness (QED) is 0.880. The second-order valence-corrected chi connectivity index (χ2v) is 7.38. The standard InChI is InChI=1S/C11H17N5O2S2/c1-4-20(17,18)9-10(12)14-19-11(9)16(3)7-8-13-5-6-15(8)2/h5-6H,4,7H2,1-3H3,(H2,12,14). The minimum atomic E-state index is -3.40. The van der Waals surface area contributed by atoms with Gasteiger partial charge in [0.25, 0.3) is 0 Å². The first-order chi connectivity index (χ1) is 9.36. The average molecular weight is 315 g/mol. The van der Waals surface area contributed by atoms with E-state index >= 15 is 0 Å². The van der Waals surface area contributed by atoms with Crippen LogP contribution in [0.2, 0.25) is 0 Å². The number of imidazole rings is 1. The van der Waals surface area contributed by atoms with Crippen molar-refractivity contribution in [2.75, 3.05) is 23.4 Å². The first-order valence-corrected chi connectivity index (χ1v) is 8.44. The summed E-state index contributed by atoms with van der Waals surface area (Å²) in [4.78, 5) is 6.16. The summed E-state index contributed by atoms with van der Waals surface area (Å²) in [7, 11) is 0.295. The van der Waals surface area contributed by atoms with Gasteiger partial charge in [-0.05, 0) is 11.5 Å². The zero-order valence-electron chi connectivity index (χ0n) is 11.6. The van der Waals surface area contributed by atoms with E-state index in [1.807, 2.05) is 17.8 Å². The van der Waals surface area contributed by atoms with Gasteiger partial charge in [-0.15, -0.1) is 0 Å². The SMILES string of the molecule is CCS(=O)(=O)c1c(N)nsc1N(C)Cc1nccn1C. The van der Waals surface area contributed by atoms with E-state index in [1.54, 1.807) is 25.1 Å². The van der Waals surface area contributed by atoms with Crippen LogP contribution in [0.15, 0.2) is 17.3 Å². The van der Waals surface area contributed by atoms with Crippen molar-refractivity contribution in [2.24, 2.45) is 7.05 Å². The number of hydrogen-bond donors (Lipinski definition) is 1. The lowest BCUT2D eigenvalue weighted by Crippen LogP contribution is -2.20. The maximum Gasteiger partial charge on any atom is 0.184 e. The van der Waals surface area contributed by atoms with Crippen LogP contribution in [-0.2, 0) is 23.4 Å². The third kappa shape index (κ3) is 2.63. The second-order valence-electron chi connectivity index (χ2n) is 4.42. The molecule has 7 nitrogen and oxygen atoms in total. The van der Waals surface area contributed by atoms with E-state index in [-0.39, 0.29) is 16.5 Å². The average Bonchev–Trinajstić information content (AvgIpc) is 2.96. The Bertz CT molecular complexity index is 704. The fraction of sp³-hybridized carbons (Fsp3) is 0.455. The molecule has 2 rings (SSSR count). The number of nitrogens with zero attached hydrogens (tertiary/aromatic N) is 4. The van der Waals surface area contributed by atoms with E-state index in [4.69, 9.17) is 5.73 Å². The fourth-order valence-electron chi connectivity index (χ4n) is 1.80. The number of aromatic nitrogens is 3. The highest BCUT2D eigenvalue weighted by molar-refractivity contribution is 7.91. The van der Waals surface area contributed by atoms with Crippen molar-refractivity contribution in [2.45, 2.75) is 18.4 Å². The summed E-state index contributed by atoms with van der Waals surface area (Å²) in [5.41, 5.74) is 5.72. The summed E-state index contributed by atoms with van der Waals surface area (Å²) in [5, 5.41) is 0.548. The minimum absolute atomic E-state index is 0.00113. The van der Waals surface area contributed by atoms with Crippen LogP contribution in [0.25, 0.3) is 0 Å². The zero-order valence-corrected chi connectivity index (χ0v) is 13.2. The molecule has 2 heterocycles. The van der Waals surface area contributed by atoms with Gasteiger partial charge in [-0.25, -0.2) is 13.4 Å². The van der Waals surface area contributed by atoms with E-state index in [2.05, 4.69) is 9.36 Å². The van der Waals surface area contributed by atoms with Crippen LogP contribution >= 0.6 is 11.5 Å². The number of sulfone groups is 1. The van der Waals surface area contributed by atoms with Crippen molar-refractivity contribution < 1.29 is 8.42 Å². The summed E-state index contributed by atoms with van der Waals surface area (Å²) < 4.78 is 30.1. The number of nitrogens with two attached hydrogens (primary N) is 1. The molecule has 0 amide bonds. The largest absolute Gasteiger partial charge is 0.382 e. The van der Waals surface area contributed by atoms with Crippen molar-refractivity contribution >= 4 is 32.2 Å². The lowest BCUT2D eigenvalue weighted by molar-refractivity contribution is 0.597. The van der Waals surface area contributed by atoms with Crippen LogP contribution in [0.1, 0.15) is 12.7 Å². The lowest BCUT2D eigenvalue weighted by Gasteiger charge is -2.18. The molecule has 2 aromatic heterocycles. The minimum Gasteiger partial charge on any atom is -0.382 e. The van der Waals surface area contributed by atoms with E-state index in [0.29, 0.717) is 11.5 Å². The molecule has 0 aliphatic heterocycles. The number of rotatable bonds is 5. The van der Waals surface area contributed by atoms with Crippen LogP contribution in [-0.4, -0.2) is 35.1 Å². The van der Waals surface area contributed by atoms with Crippen molar-refractivity contribution in [1.82, 2.24) is 13.9 Å². The van der Waals surface area contributed by atoms with E-state index in [1.165, 1.54) is 0 Å². The molecule has 20 heavy (non-hydrogen) atoms. The summed E-state index contributed by atoms with van der Waals surface area (Å²) in [6.45, 7) is 2.08. The Morgan fingerprint density at radius 2 is 2.20 bits per heavy atom. The van der Waals surface area contributed by atoms with Gasteiger partial charge in [-0.2, -0.15) is 4.37 Å². The van der Waals surface area contributed by atoms with Crippen LogP contribution in [0, 0.1) is 0 Å². The smallest absolute Gasteiger partial charge is 0.184 e. The molecular weight excluding hydrogens is 298 g/mol. The molecule has 0 radical (unpaired) electrons. The predicted octanol–water partition coefficient (Wildman–Crippen LogP) is 0.889. The molecule has 9 heteroatoms. The normalized spacial score (nSPS) is 11.8. The van der Waals surface area contributed by atoms with Crippen molar-refractivity contribution in [3.63, 3.8) is 0 Å². The third-order valence-electron chi connectivity index (χ3n) is 2.99. The highest BCUT2D eigenvalue weighted by Crippen LogP contribution is 2.35. The Morgan fingerprint density at radius 1 is 1.50 bits per heavy atom. The van der Waals surface area contributed by atoms with Crippen molar-refractivity contribution in [3.8, 4) is 0 Å². The van der Waals surface area contributed by atoms with E-state index < -0.39 is 9.84 Å². The predicted molar refractivity (Wildman–Crippen MR) is 79.6 cm³/mol. The molecular formula is C11H17N5O2S2. The molecule has 0 unspecified atom stereocenters. The maximum absolute atomic E-state index is 12.1. The van der Waals surface area contributed by atoms with Gasteiger partial charge in [-0.1, -0.05) is 6.92 Å². The Morgan fingerprint density at radius 3 is 2.75 bits per heavy atom. The Kier molecular flexibility index (Phi) is 4.00. The Labute approximate surface area is 122 Å². The third-order valence-corrected chi connectivity index (χ3v) is 5.89. The number of hydrogen-bond acceptors (Lipinski definition) is 7. The van der Waals surface area contributed by atoms with Gasteiger partial charge in [0.1, 0.15) is 15.7 Å². The van der Waals surface area contributed by atoms with Gasteiger partial charge in [-0.3, -0.25) is 0 Å². The van der Waals surface area contributed by atoms with Gasteiger partial charge >= 0.3 is 0 Å². The van der Waals surface area contributed by atoms with E-state index in [9.17, 15) is 8.42 Å². The number of anilines is 2. The molecule has 0 aliphatic rings. The van der Waals surface area contributed by atoms with E-state index in [0.717, 1.165) is 17.4 Å². The second kappa shape index (κ2) is 5.41. The van der Waals surface area contributed by atoms with Gasteiger partial charge < -0.3 is 15.2 Å². The molecule has 110 valence electrons. The molecule has 0 bridgehead atoms. The van der Waals surface area contributed by atoms with Crippen LogP contribution in [0.3, 0.4) is 0 Å². The van der Waals surface area contributed by atoms with Crippen LogP contribution < -0.4 is 10.6 Å². The molecule has 0 saturated carbocycles. The lowest BCUT2D eigenvalue weighted by atomic mass is 10.5. The summed E-state index contributed by atoms with van der Waals surface area (Å²) in [5.74, 6) is 0.900. The highest BCUT2D eigenvalue weighted by atomic mass is 32.2. The summed E-state index contributed by atoms with van der Waals surface area (Å²) in [6.07, 6.45) is 3.54. The van der Waals surface area contributed by atoms with Gasteiger partial charge in [0, 0.05) is 26.5 Å². The molecule has 0 saturated heterocycles. The summed E-state index contributed by atoms with van der Waals surface area (Å²) >= 11 is 1.09. The zero-order chi connectivity index (χ0) is 14.9. The molecule has 0 fully saturated rings. The molecule has 2 N–H and O–H groups in total. The highest BCUT2D eigenvalue weighted by Gasteiger charge is 2.26. The van der Waals surface area contributed by atoms with Crippen LogP contribution in [0.4, 0.5) is 10.8 Å². The van der Waals surface area contributed by atoms with Crippen molar-refractivity contribution in [3.05, 3.63) is 18.2 Å². The number of nitrogen functional groups attached to an aromatic ring is 1. The monoisotopic (exact) mass is 315 g/mol. The van der Waals surface area contributed by atoms with Crippen LogP contribution in [0.5, 0.6) is 0 Å². The number of aryl methyl sites for hydroxylation is 1. The topological polar surface area (TPSA) is 94.1 Å². The molecule has 0 spiro atoms. The first kappa shape index (κ1) is 14.8. The molecule has 0 atom stereocenters. The Hall–Kier alpha value is -1.61. The molecule has 2 aromatic rings. The fourth-order valence-corrected chi connectivity index (χ4v) is 4.09. The molecule has 0 aliphatic carbocycles. The Balaban J connectivity index is 2.37. The van der Waals surface area contributed by atoms with Gasteiger partial charge in [0.2, 0.25) is 0 Å². The maximum atomic E-state index is 12.1. The van der Waals surface area contributed by atoms with Crippen molar-refractivity contribution in [1.29, 1.82) is 0 Å². The first-order valence-electron chi connectivity index (χ1n) is 6.02.